The van der Waals surface area contributed by atoms with Crippen LogP contribution in [0.3, 0.4) is 0 Å². The van der Waals surface area contributed by atoms with E-state index in [2.05, 4.69) is 36.1 Å². The standard InChI is InChI=1S/C17H31N5.HI/c1-13(2)8-6-9-14(3)21-17(18)20-12-15-10-7-11-19-16(15)22(4)5;/h7,10-11,13-14H,6,8-9,12H2,1-5H3,(H3,18,20,21);1H. The van der Waals surface area contributed by atoms with E-state index in [1.807, 2.05) is 31.1 Å². The van der Waals surface area contributed by atoms with Gasteiger partial charge in [-0.3, -0.25) is 0 Å². The number of nitrogens with two attached hydrogens (primary N) is 1. The van der Waals surface area contributed by atoms with Crippen LogP contribution in [0.1, 0.15) is 45.6 Å². The number of halogens is 1. The molecule has 0 aromatic carbocycles. The third-order valence-electron chi connectivity index (χ3n) is 3.52. The summed E-state index contributed by atoms with van der Waals surface area (Å²) in [7, 11) is 3.96. The van der Waals surface area contributed by atoms with Gasteiger partial charge in [0.25, 0.3) is 0 Å². The van der Waals surface area contributed by atoms with Crippen LogP contribution in [0.15, 0.2) is 23.3 Å². The highest BCUT2D eigenvalue weighted by molar-refractivity contribution is 14.0. The predicted octanol–water partition coefficient (Wildman–Crippen LogP) is 3.38. The molecule has 1 unspecified atom stereocenters. The van der Waals surface area contributed by atoms with Crippen molar-refractivity contribution in [1.82, 2.24) is 10.3 Å². The zero-order valence-corrected chi connectivity index (χ0v) is 17.4. The Kier molecular flexibility index (Phi) is 11.0. The number of nitrogens with one attached hydrogen (secondary N) is 1. The molecular formula is C17H32IN5. The Balaban J connectivity index is 0.00000484. The molecule has 1 aromatic rings. The van der Waals surface area contributed by atoms with E-state index in [-0.39, 0.29) is 24.0 Å². The number of hydrogen-bond acceptors (Lipinski definition) is 3. The molecule has 0 aliphatic rings. The van der Waals surface area contributed by atoms with Crippen LogP contribution in [0.25, 0.3) is 0 Å². The van der Waals surface area contributed by atoms with Gasteiger partial charge in [0.05, 0.1) is 6.54 Å². The third-order valence-corrected chi connectivity index (χ3v) is 3.52. The number of nitrogens with zero attached hydrogens (tertiary/aromatic N) is 3. The fraction of sp³-hybridized carbons (Fsp3) is 0.647. The average molecular weight is 433 g/mol. The van der Waals surface area contributed by atoms with Crippen molar-refractivity contribution in [3.8, 4) is 0 Å². The van der Waals surface area contributed by atoms with Crippen molar-refractivity contribution in [2.45, 2.75) is 52.6 Å². The Labute approximate surface area is 158 Å². The molecule has 0 saturated heterocycles. The van der Waals surface area contributed by atoms with Gasteiger partial charge in [-0.25, -0.2) is 9.98 Å². The molecular weight excluding hydrogens is 401 g/mol. The highest BCUT2D eigenvalue weighted by Gasteiger charge is 2.06. The SMILES string of the molecule is CC(C)CCCC(C)NC(N)=NCc1cccnc1N(C)C.I. The van der Waals surface area contributed by atoms with Gasteiger partial charge in [-0.05, 0) is 25.3 Å². The maximum Gasteiger partial charge on any atom is 0.189 e. The summed E-state index contributed by atoms with van der Waals surface area (Å²) in [5.74, 6) is 2.20. The quantitative estimate of drug-likeness (QED) is 0.375. The zero-order chi connectivity index (χ0) is 16.5. The number of pyridine rings is 1. The van der Waals surface area contributed by atoms with Crippen LogP contribution in [0.5, 0.6) is 0 Å². The van der Waals surface area contributed by atoms with Crippen LogP contribution >= 0.6 is 24.0 Å². The first-order valence-corrected chi connectivity index (χ1v) is 8.07. The minimum atomic E-state index is 0. The van der Waals surface area contributed by atoms with Crippen molar-refractivity contribution in [2.24, 2.45) is 16.6 Å². The molecule has 0 amide bonds. The van der Waals surface area contributed by atoms with Gasteiger partial charge in [-0.15, -0.1) is 24.0 Å². The summed E-state index contributed by atoms with van der Waals surface area (Å²) in [6.45, 7) is 7.20. The maximum atomic E-state index is 5.99. The molecule has 0 fully saturated rings. The Bertz CT molecular complexity index is 474. The van der Waals surface area contributed by atoms with E-state index in [4.69, 9.17) is 5.73 Å². The smallest absolute Gasteiger partial charge is 0.189 e. The van der Waals surface area contributed by atoms with Crippen molar-refractivity contribution < 1.29 is 0 Å². The normalized spacial score (nSPS) is 12.7. The first-order chi connectivity index (χ1) is 10.4. The van der Waals surface area contributed by atoms with Crippen LogP contribution < -0.4 is 16.0 Å². The maximum absolute atomic E-state index is 5.99. The molecule has 0 radical (unpaired) electrons. The van der Waals surface area contributed by atoms with Crippen LogP contribution in [0, 0.1) is 5.92 Å². The second-order valence-electron chi connectivity index (χ2n) is 6.45. The van der Waals surface area contributed by atoms with E-state index in [9.17, 15) is 0 Å². The molecule has 6 heteroatoms. The summed E-state index contributed by atoms with van der Waals surface area (Å²) in [4.78, 5) is 10.8. The second-order valence-corrected chi connectivity index (χ2v) is 6.45. The van der Waals surface area contributed by atoms with Gasteiger partial charge in [-0.2, -0.15) is 0 Å². The van der Waals surface area contributed by atoms with E-state index in [1.165, 1.54) is 12.8 Å². The Morgan fingerprint density at radius 1 is 1.30 bits per heavy atom. The summed E-state index contributed by atoms with van der Waals surface area (Å²) >= 11 is 0. The van der Waals surface area contributed by atoms with Gasteiger partial charge in [-0.1, -0.05) is 32.8 Å². The number of aromatic nitrogens is 1. The van der Waals surface area contributed by atoms with E-state index < -0.39 is 0 Å². The van der Waals surface area contributed by atoms with Gasteiger partial charge < -0.3 is 16.0 Å². The molecule has 0 spiro atoms. The molecule has 0 bridgehead atoms. The Hall–Kier alpha value is -1.05. The van der Waals surface area contributed by atoms with Gasteiger partial charge >= 0.3 is 0 Å². The lowest BCUT2D eigenvalue weighted by atomic mass is 10.0. The molecule has 1 rings (SSSR count). The first-order valence-electron chi connectivity index (χ1n) is 8.07. The molecule has 132 valence electrons. The molecule has 1 atom stereocenters. The monoisotopic (exact) mass is 433 g/mol. The molecule has 23 heavy (non-hydrogen) atoms. The number of hydrogen-bond donors (Lipinski definition) is 2. The summed E-state index contributed by atoms with van der Waals surface area (Å²) in [6, 6.07) is 4.31. The molecule has 5 nitrogen and oxygen atoms in total. The molecule has 3 N–H and O–H groups in total. The van der Waals surface area contributed by atoms with Crippen molar-refractivity contribution in [1.29, 1.82) is 0 Å². The third kappa shape index (κ3) is 8.98. The lowest BCUT2D eigenvalue weighted by molar-refractivity contribution is 0.493. The van der Waals surface area contributed by atoms with Gasteiger partial charge in [0.15, 0.2) is 5.96 Å². The van der Waals surface area contributed by atoms with E-state index in [1.54, 1.807) is 6.20 Å². The highest BCUT2D eigenvalue weighted by Crippen LogP contribution is 2.15. The fourth-order valence-corrected chi connectivity index (χ4v) is 2.33. The van der Waals surface area contributed by atoms with Crippen LogP contribution in [-0.4, -0.2) is 31.1 Å². The molecule has 0 aliphatic heterocycles. The number of aliphatic imine (C=N–C) groups is 1. The summed E-state index contributed by atoms with van der Waals surface area (Å²) < 4.78 is 0. The molecule has 0 saturated carbocycles. The number of anilines is 1. The van der Waals surface area contributed by atoms with Crippen LogP contribution in [-0.2, 0) is 6.54 Å². The predicted molar refractivity (Wildman–Crippen MR) is 111 cm³/mol. The summed E-state index contributed by atoms with van der Waals surface area (Å²) in [5, 5.41) is 3.27. The van der Waals surface area contributed by atoms with Gasteiger partial charge in [0, 0.05) is 31.9 Å². The van der Waals surface area contributed by atoms with Crippen molar-refractivity contribution >= 4 is 35.8 Å². The van der Waals surface area contributed by atoms with Crippen LogP contribution in [0.4, 0.5) is 5.82 Å². The average Bonchev–Trinajstić information content (AvgIpc) is 2.44. The Morgan fingerprint density at radius 2 is 2.00 bits per heavy atom. The van der Waals surface area contributed by atoms with Crippen LogP contribution in [0.2, 0.25) is 0 Å². The second kappa shape index (κ2) is 11.5. The fourth-order valence-electron chi connectivity index (χ4n) is 2.33. The number of guanidine groups is 1. The lowest BCUT2D eigenvalue weighted by Crippen LogP contribution is -2.38. The largest absolute Gasteiger partial charge is 0.370 e. The first kappa shape index (κ1) is 21.9. The van der Waals surface area contributed by atoms with Gasteiger partial charge in [0.1, 0.15) is 5.82 Å². The van der Waals surface area contributed by atoms with E-state index >= 15 is 0 Å². The van der Waals surface area contributed by atoms with Crippen molar-refractivity contribution in [2.75, 3.05) is 19.0 Å². The van der Waals surface area contributed by atoms with Crippen molar-refractivity contribution in [3.63, 3.8) is 0 Å². The summed E-state index contributed by atoms with van der Waals surface area (Å²) in [5.41, 5.74) is 7.06. The number of rotatable bonds is 8. The van der Waals surface area contributed by atoms with Crippen molar-refractivity contribution in [3.05, 3.63) is 23.9 Å². The lowest BCUT2D eigenvalue weighted by Gasteiger charge is -2.16. The minimum Gasteiger partial charge on any atom is -0.370 e. The molecule has 1 aromatic heterocycles. The molecule has 1 heterocycles. The zero-order valence-electron chi connectivity index (χ0n) is 15.0. The van der Waals surface area contributed by atoms with Gasteiger partial charge in [0.2, 0.25) is 0 Å². The summed E-state index contributed by atoms with van der Waals surface area (Å²) in [6.07, 6.45) is 5.38. The van der Waals surface area contributed by atoms with E-state index in [0.717, 1.165) is 23.7 Å². The highest BCUT2D eigenvalue weighted by atomic mass is 127. The topological polar surface area (TPSA) is 66.5 Å². The van der Waals surface area contributed by atoms with E-state index in [0.29, 0.717) is 18.5 Å². The molecule has 0 aliphatic carbocycles. The Morgan fingerprint density at radius 3 is 2.61 bits per heavy atom. The minimum absolute atomic E-state index is 0.